The molecular formula is C23H24O. The Balaban J connectivity index is 1.83. The predicted octanol–water partition coefficient (Wildman–Crippen LogP) is 5.65. The number of hydrogen-bond donors (Lipinski definition) is 0. The van der Waals surface area contributed by atoms with Gasteiger partial charge in [0.15, 0.2) is 0 Å². The number of benzene rings is 3. The maximum atomic E-state index is 5.62. The summed E-state index contributed by atoms with van der Waals surface area (Å²) < 4.78 is 5.62. The normalized spacial score (nSPS) is 11.9. The first-order valence-corrected chi connectivity index (χ1v) is 8.57. The van der Waals surface area contributed by atoms with E-state index in [-0.39, 0.29) is 0 Å². The lowest BCUT2D eigenvalue weighted by molar-refractivity contribution is 0.403. The highest BCUT2D eigenvalue weighted by Gasteiger charge is 2.16. The Morgan fingerprint density at radius 1 is 0.708 bits per heavy atom. The van der Waals surface area contributed by atoms with Gasteiger partial charge in [-0.05, 0) is 47.9 Å². The molecule has 0 saturated heterocycles. The van der Waals surface area contributed by atoms with E-state index in [4.69, 9.17) is 4.74 Å². The number of aryl methyl sites for hydroxylation is 1. The molecule has 0 bridgehead atoms. The van der Waals surface area contributed by atoms with Crippen molar-refractivity contribution in [2.24, 2.45) is 0 Å². The van der Waals surface area contributed by atoms with Crippen LogP contribution in [0.1, 0.15) is 29.0 Å². The molecule has 0 aromatic heterocycles. The van der Waals surface area contributed by atoms with Crippen molar-refractivity contribution in [1.82, 2.24) is 0 Å². The number of rotatable bonds is 7. The van der Waals surface area contributed by atoms with E-state index in [2.05, 4.69) is 78.9 Å². The fraction of sp³-hybridized carbons (Fsp3) is 0.217. The van der Waals surface area contributed by atoms with E-state index in [1.54, 1.807) is 7.11 Å². The number of ether oxygens (including phenoxy) is 1. The molecule has 0 aliphatic heterocycles. The minimum absolute atomic E-state index is 0.448. The van der Waals surface area contributed by atoms with Crippen LogP contribution in [0.5, 0.6) is 5.75 Å². The minimum Gasteiger partial charge on any atom is -0.496 e. The summed E-state index contributed by atoms with van der Waals surface area (Å²) in [6.07, 6.45) is 3.23. The van der Waals surface area contributed by atoms with E-state index >= 15 is 0 Å². The van der Waals surface area contributed by atoms with Crippen molar-refractivity contribution in [1.29, 1.82) is 0 Å². The Labute approximate surface area is 144 Å². The summed E-state index contributed by atoms with van der Waals surface area (Å²) in [5.74, 6) is 1.44. The van der Waals surface area contributed by atoms with Gasteiger partial charge in [0, 0.05) is 0 Å². The Morgan fingerprint density at radius 3 is 1.96 bits per heavy atom. The van der Waals surface area contributed by atoms with Crippen molar-refractivity contribution >= 4 is 0 Å². The molecule has 0 amide bonds. The fourth-order valence-electron chi connectivity index (χ4n) is 3.26. The molecule has 3 aromatic rings. The van der Waals surface area contributed by atoms with E-state index in [9.17, 15) is 0 Å². The second kappa shape index (κ2) is 8.35. The van der Waals surface area contributed by atoms with Crippen molar-refractivity contribution < 1.29 is 4.74 Å². The second-order valence-corrected chi connectivity index (χ2v) is 6.15. The zero-order valence-corrected chi connectivity index (χ0v) is 14.2. The van der Waals surface area contributed by atoms with Crippen LogP contribution in [-0.2, 0) is 12.8 Å². The Morgan fingerprint density at radius 2 is 1.29 bits per heavy atom. The summed E-state index contributed by atoms with van der Waals surface area (Å²) in [6, 6.07) is 29.9. The molecule has 0 aliphatic rings. The maximum absolute atomic E-state index is 5.62. The first-order valence-electron chi connectivity index (χ1n) is 8.57. The second-order valence-electron chi connectivity index (χ2n) is 6.15. The van der Waals surface area contributed by atoms with Gasteiger partial charge in [-0.2, -0.15) is 0 Å². The molecule has 3 aromatic carbocycles. The van der Waals surface area contributed by atoms with E-state index < -0.39 is 0 Å². The lowest BCUT2D eigenvalue weighted by atomic mass is 9.86. The monoisotopic (exact) mass is 316 g/mol. The fourth-order valence-corrected chi connectivity index (χ4v) is 3.26. The number of para-hydroxylation sites is 1. The highest BCUT2D eigenvalue weighted by Crippen LogP contribution is 2.32. The van der Waals surface area contributed by atoms with Gasteiger partial charge < -0.3 is 4.74 Å². The van der Waals surface area contributed by atoms with Gasteiger partial charge in [-0.25, -0.2) is 0 Å². The zero-order valence-electron chi connectivity index (χ0n) is 14.2. The van der Waals surface area contributed by atoms with E-state index in [0.29, 0.717) is 5.92 Å². The lowest BCUT2D eigenvalue weighted by Crippen LogP contribution is -2.07. The largest absolute Gasteiger partial charge is 0.496 e. The predicted molar refractivity (Wildman–Crippen MR) is 101 cm³/mol. The molecule has 1 atom stereocenters. The van der Waals surface area contributed by atoms with Crippen LogP contribution in [0, 0.1) is 0 Å². The molecule has 0 N–H and O–H groups in total. The van der Waals surface area contributed by atoms with Gasteiger partial charge in [0.05, 0.1) is 7.11 Å². The maximum Gasteiger partial charge on any atom is 0.122 e. The molecule has 0 unspecified atom stereocenters. The van der Waals surface area contributed by atoms with Crippen LogP contribution in [0.2, 0.25) is 0 Å². The number of hydrogen-bond acceptors (Lipinski definition) is 1. The molecule has 1 nitrogen and oxygen atoms in total. The van der Waals surface area contributed by atoms with Crippen molar-refractivity contribution in [3.8, 4) is 5.75 Å². The quantitative estimate of drug-likeness (QED) is 0.547. The van der Waals surface area contributed by atoms with Crippen LogP contribution in [0.15, 0.2) is 84.9 Å². The average Bonchev–Trinajstić information content (AvgIpc) is 2.67. The van der Waals surface area contributed by atoms with E-state index in [0.717, 1.165) is 25.0 Å². The Hall–Kier alpha value is -2.54. The first kappa shape index (κ1) is 16.3. The molecule has 24 heavy (non-hydrogen) atoms. The molecule has 0 radical (unpaired) electrons. The van der Waals surface area contributed by atoms with Gasteiger partial charge in [-0.3, -0.25) is 0 Å². The molecule has 0 heterocycles. The van der Waals surface area contributed by atoms with Crippen molar-refractivity contribution in [3.05, 3.63) is 102 Å². The van der Waals surface area contributed by atoms with Gasteiger partial charge in [0.25, 0.3) is 0 Å². The third-order valence-electron chi connectivity index (χ3n) is 4.53. The highest BCUT2D eigenvalue weighted by molar-refractivity contribution is 5.37. The molecule has 0 spiro atoms. The molecule has 0 aliphatic carbocycles. The van der Waals surface area contributed by atoms with Crippen LogP contribution in [0.25, 0.3) is 0 Å². The first-order chi connectivity index (χ1) is 11.9. The van der Waals surface area contributed by atoms with Gasteiger partial charge in [-0.15, -0.1) is 0 Å². The van der Waals surface area contributed by atoms with Crippen LogP contribution >= 0.6 is 0 Å². The van der Waals surface area contributed by atoms with Crippen LogP contribution in [0.4, 0.5) is 0 Å². The van der Waals surface area contributed by atoms with Crippen LogP contribution < -0.4 is 4.74 Å². The minimum atomic E-state index is 0.448. The van der Waals surface area contributed by atoms with Crippen LogP contribution in [-0.4, -0.2) is 7.11 Å². The van der Waals surface area contributed by atoms with Gasteiger partial charge in [0.1, 0.15) is 5.75 Å². The van der Waals surface area contributed by atoms with Gasteiger partial charge in [0.2, 0.25) is 0 Å². The summed E-state index contributed by atoms with van der Waals surface area (Å²) in [6.45, 7) is 0. The Kier molecular flexibility index (Phi) is 5.68. The molecule has 0 fully saturated rings. The van der Waals surface area contributed by atoms with Crippen molar-refractivity contribution in [3.63, 3.8) is 0 Å². The van der Waals surface area contributed by atoms with Gasteiger partial charge in [-0.1, -0.05) is 78.9 Å². The van der Waals surface area contributed by atoms with Gasteiger partial charge >= 0.3 is 0 Å². The summed E-state index contributed by atoms with van der Waals surface area (Å²) in [5, 5.41) is 0. The summed E-state index contributed by atoms with van der Waals surface area (Å²) in [5.41, 5.74) is 4.08. The lowest BCUT2D eigenvalue weighted by Gasteiger charge is -2.20. The molecule has 0 saturated carbocycles. The Bertz CT molecular complexity index is 734. The SMILES string of the molecule is COc1ccccc1[C@H](CCc1ccccc1)Cc1ccccc1. The third kappa shape index (κ3) is 4.26. The standard InChI is InChI=1S/C23H24O/c1-24-23-15-9-8-14-22(23)21(18-20-12-6-3-7-13-20)17-16-19-10-4-2-5-11-19/h2-15,21H,16-18H2,1H3/t21-/m1/s1. The summed E-state index contributed by atoms with van der Waals surface area (Å²) in [4.78, 5) is 0. The van der Waals surface area contributed by atoms with Crippen molar-refractivity contribution in [2.75, 3.05) is 7.11 Å². The van der Waals surface area contributed by atoms with Crippen LogP contribution in [0.3, 0.4) is 0 Å². The smallest absolute Gasteiger partial charge is 0.122 e. The molecule has 3 rings (SSSR count). The highest BCUT2D eigenvalue weighted by atomic mass is 16.5. The summed E-state index contributed by atoms with van der Waals surface area (Å²) in [7, 11) is 1.76. The van der Waals surface area contributed by atoms with E-state index in [1.807, 2.05) is 6.07 Å². The molecule has 1 heteroatoms. The van der Waals surface area contributed by atoms with E-state index in [1.165, 1.54) is 16.7 Å². The summed E-state index contributed by atoms with van der Waals surface area (Å²) >= 11 is 0. The third-order valence-corrected chi connectivity index (χ3v) is 4.53. The zero-order chi connectivity index (χ0) is 16.6. The number of methoxy groups -OCH3 is 1. The molecule has 122 valence electrons. The molecular weight excluding hydrogens is 292 g/mol. The topological polar surface area (TPSA) is 9.23 Å². The average molecular weight is 316 g/mol. The van der Waals surface area contributed by atoms with Crippen molar-refractivity contribution in [2.45, 2.75) is 25.2 Å².